The Balaban J connectivity index is 4.10. The monoisotopic (exact) mass is 1190 g/mol. The zero-order valence-corrected chi connectivity index (χ0v) is 56.5. The predicted molar refractivity (Wildman–Crippen MR) is 369 cm³/mol. The van der Waals surface area contributed by atoms with Crippen molar-refractivity contribution in [3.8, 4) is 0 Å². The van der Waals surface area contributed by atoms with Gasteiger partial charge in [-0.25, -0.2) is 4.57 Å². The third-order valence-electron chi connectivity index (χ3n) is 15.5. The highest BCUT2D eigenvalue weighted by atomic mass is 31.2. The van der Waals surface area contributed by atoms with Crippen molar-refractivity contribution in [1.29, 1.82) is 0 Å². The first-order chi connectivity index (χ1) is 41.0. The summed E-state index contributed by atoms with van der Waals surface area (Å²) in [7, 11) is 1.55. The van der Waals surface area contributed by atoms with Crippen LogP contribution in [0.4, 0.5) is 0 Å². The fourth-order valence-electron chi connectivity index (χ4n) is 10.0. The molecule has 0 rings (SSSR count). The summed E-state index contributed by atoms with van der Waals surface area (Å²) in [6, 6.07) is -0.871. The fraction of sp³-hybridized carbons (Fsp3) is 0.747. The second-order valence-corrected chi connectivity index (χ2v) is 26.3. The van der Waals surface area contributed by atoms with Gasteiger partial charge in [-0.15, -0.1) is 0 Å². The molecule has 0 aliphatic rings. The summed E-state index contributed by atoms with van der Waals surface area (Å²) in [5.74, 6) is -0.187. The molecule has 0 saturated carbocycles. The van der Waals surface area contributed by atoms with E-state index in [2.05, 4.69) is 116 Å². The number of hydrogen-bond donors (Lipinski definition) is 3. The van der Waals surface area contributed by atoms with Crippen LogP contribution in [0.15, 0.2) is 109 Å². The van der Waals surface area contributed by atoms with Gasteiger partial charge < -0.3 is 19.8 Å². The molecular weight excluding hydrogens is 1060 g/mol. The van der Waals surface area contributed by atoms with E-state index >= 15 is 0 Å². The largest absolute Gasteiger partial charge is 0.472 e. The number of amides is 1. The Kier molecular flexibility index (Phi) is 62.4. The summed E-state index contributed by atoms with van der Waals surface area (Å²) in [6.07, 6.45) is 95.2. The molecule has 0 spiro atoms. The van der Waals surface area contributed by atoms with Crippen LogP contribution in [0.1, 0.15) is 309 Å². The van der Waals surface area contributed by atoms with Crippen LogP contribution in [0, 0.1) is 0 Å². The molecule has 9 heteroatoms. The number of carbonyl (C=O) groups excluding carboxylic acids is 1. The molecular formula is C75H136N2O6P+. The number of phosphoric acid groups is 1. The molecule has 0 aliphatic carbocycles. The third kappa shape index (κ3) is 66.7. The zero-order valence-electron chi connectivity index (χ0n) is 55.6. The molecule has 0 heterocycles. The van der Waals surface area contributed by atoms with Crippen LogP contribution in [-0.4, -0.2) is 73.4 Å². The molecule has 0 bridgehead atoms. The predicted octanol–water partition coefficient (Wildman–Crippen LogP) is 22.7. The SMILES string of the molecule is CC/C=C\C/C=C\C/C=C\C/C=C\C/C=C\C/C=C\C/C=C\CCCCCCCCCCCCCCCCCC(=O)NC(COP(=O)(O)OCC[N+](C)(C)C)C(O)/C=C/CC/C=C/CCCCCCCCCCCCCCCCCCCCC. The van der Waals surface area contributed by atoms with E-state index in [0.717, 1.165) is 83.5 Å². The van der Waals surface area contributed by atoms with Crippen molar-refractivity contribution in [3.05, 3.63) is 109 Å². The minimum atomic E-state index is -4.37. The van der Waals surface area contributed by atoms with Gasteiger partial charge in [-0.1, -0.05) is 322 Å². The molecule has 3 atom stereocenters. The smallest absolute Gasteiger partial charge is 0.387 e. The minimum absolute atomic E-state index is 0.0531. The number of phosphoric ester groups is 1. The van der Waals surface area contributed by atoms with E-state index in [1.165, 1.54) is 205 Å². The topological polar surface area (TPSA) is 105 Å². The molecule has 0 fully saturated rings. The lowest BCUT2D eigenvalue weighted by molar-refractivity contribution is -0.870. The fourth-order valence-corrected chi connectivity index (χ4v) is 10.8. The number of rotatable bonds is 64. The molecule has 486 valence electrons. The number of nitrogens with one attached hydrogen (secondary N) is 1. The Hall–Kier alpha value is -2.84. The molecule has 0 aromatic carbocycles. The Bertz CT molecular complexity index is 1740. The van der Waals surface area contributed by atoms with Gasteiger partial charge in [0.1, 0.15) is 13.2 Å². The number of carbonyl (C=O) groups is 1. The van der Waals surface area contributed by atoms with Crippen molar-refractivity contribution in [2.24, 2.45) is 0 Å². The number of allylic oxidation sites excluding steroid dienone is 17. The average Bonchev–Trinajstić information content (AvgIpc) is 3.56. The molecule has 3 N–H and O–H groups in total. The molecule has 3 unspecified atom stereocenters. The highest BCUT2D eigenvalue weighted by Crippen LogP contribution is 2.43. The summed E-state index contributed by atoms with van der Waals surface area (Å²) in [6.45, 7) is 4.71. The molecule has 1 amide bonds. The molecule has 0 radical (unpaired) electrons. The van der Waals surface area contributed by atoms with Gasteiger partial charge in [0, 0.05) is 6.42 Å². The Labute approximate surface area is 521 Å². The van der Waals surface area contributed by atoms with Crippen molar-refractivity contribution < 1.29 is 32.9 Å². The van der Waals surface area contributed by atoms with E-state index in [4.69, 9.17) is 9.05 Å². The van der Waals surface area contributed by atoms with Crippen LogP contribution < -0.4 is 5.32 Å². The van der Waals surface area contributed by atoms with Crippen LogP contribution in [-0.2, 0) is 18.4 Å². The second kappa shape index (κ2) is 64.6. The summed E-state index contributed by atoms with van der Waals surface area (Å²) in [4.78, 5) is 23.4. The Morgan fingerprint density at radius 3 is 1.10 bits per heavy atom. The van der Waals surface area contributed by atoms with Gasteiger partial charge in [0.05, 0.1) is 39.9 Å². The highest BCUT2D eigenvalue weighted by Gasteiger charge is 2.28. The lowest BCUT2D eigenvalue weighted by Crippen LogP contribution is -2.45. The number of aliphatic hydroxyl groups is 1. The summed E-state index contributed by atoms with van der Waals surface area (Å²) >= 11 is 0. The molecule has 8 nitrogen and oxygen atoms in total. The standard InChI is InChI=1S/C75H135N2O6P/c1-6-8-10-12-14-16-18-20-22-24-26-28-30-32-33-34-35-36-37-38-39-40-41-42-43-45-47-49-51-53-55-57-59-61-63-65-67-69-75(79)76-73(72-83-84(80,81)82-71-70-77(3,4)5)74(78)68-66-64-62-60-58-56-54-52-50-48-46-44-31-29-27-25-23-21-19-17-15-13-11-9-7-2/h8,10,14,16,20,22,26,28,32-33,35-36,38-39,58,60,66,68,73-74,78H,6-7,9,11-13,15,17-19,21,23-25,27,29-31,34,37,40-57,59,61-65,67,69-72H2,1-5H3,(H-,76,79,80,81)/p+1/b10-8-,16-14-,22-20-,28-26-,33-32-,36-35-,39-38-,60-58+,68-66+. The first-order valence-corrected chi connectivity index (χ1v) is 36.8. The number of unbranched alkanes of at least 4 members (excludes halogenated alkanes) is 35. The second-order valence-electron chi connectivity index (χ2n) is 24.9. The van der Waals surface area contributed by atoms with Crippen LogP contribution in [0.5, 0.6) is 0 Å². The van der Waals surface area contributed by atoms with Gasteiger partial charge in [0.15, 0.2) is 0 Å². The number of hydrogen-bond acceptors (Lipinski definition) is 5. The quantitative estimate of drug-likeness (QED) is 0.0243. The van der Waals surface area contributed by atoms with E-state index in [0.29, 0.717) is 17.4 Å². The zero-order chi connectivity index (χ0) is 61.2. The van der Waals surface area contributed by atoms with Crippen LogP contribution in [0.2, 0.25) is 0 Å². The van der Waals surface area contributed by atoms with Crippen molar-refractivity contribution in [2.75, 3.05) is 40.9 Å². The number of likely N-dealkylation sites (N-methyl/N-ethyl adjacent to an activating group) is 1. The number of aliphatic hydroxyl groups excluding tert-OH is 1. The normalized spacial score (nSPS) is 14.3. The summed E-state index contributed by atoms with van der Waals surface area (Å²) < 4.78 is 23.8. The van der Waals surface area contributed by atoms with Crippen molar-refractivity contribution in [1.82, 2.24) is 5.32 Å². The van der Waals surface area contributed by atoms with Crippen molar-refractivity contribution >= 4 is 13.7 Å². The lowest BCUT2D eigenvalue weighted by atomic mass is 10.0. The molecule has 0 aromatic rings. The molecule has 84 heavy (non-hydrogen) atoms. The Morgan fingerprint density at radius 1 is 0.417 bits per heavy atom. The maximum Gasteiger partial charge on any atom is 0.472 e. The maximum atomic E-state index is 13.1. The molecule has 0 saturated heterocycles. The van der Waals surface area contributed by atoms with Gasteiger partial charge in [0.2, 0.25) is 5.91 Å². The number of quaternary nitrogens is 1. The first-order valence-electron chi connectivity index (χ1n) is 35.3. The van der Waals surface area contributed by atoms with Gasteiger partial charge in [-0.2, -0.15) is 0 Å². The first kappa shape index (κ1) is 81.2. The van der Waals surface area contributed by atoms with Gasteiger partial charge in [-0.05, 0) is 89.9 Å². The van der Waals surface area contributed by atoms with Crippen LogP contribution in [0.3, 0.4) is 0 Å². The molecule has 0 aliphatic heterocycles. The van der Waals surface area contributed by atoms with Gasteiger partial charge in [-0.3, -0.25) is 13.8 Å². The number of nitrogens with zero attached hydrogens (tertiary/aromatic N) is 1. The highest BCUT2D eigenvalue weighted by molar-refractivity contribution is 7.47. The lowest BCUT2D eigenvalue weighted by Gasteiger charge is -2.25. The van der Waals surface area contributed by atoms with Crippen molar-refractivity contribution in [3.63, 3.8) is 0 Å². The summed E-state index contributed by atoms with van der Waals surface area (Å²) in [5, 5.41) is 14.0. The van der Waals surface area contributed by atoms with E-state index in [9.17, 15) is 19.4 Å². The van der Waals surface area contributed by atoms with E-state index in [1.807, 2.05) is 27.2 Å². The summed E-state index contributed by atoms with van der Waals surface area (Å²) in [5.41, 5.74) is 0. The maximum absolute atomic E-state index is 13.1. The van der Waals surface area contributed by atoms with Crippen molar-refractivity contribution in [2.45, 2.75) is 321 Å². The average molecular weight is 1190 g/mol. The van der Waals surface area contributed by atoms with Crippen LogP contribution in [0.25, 0.3) is 0 Å². The Morgan fingerprint density at radius 2 is 0.726 bits per heavy atom. The minimum Gasteiger partial charge on any atom is -0.387 e. The van der Waals surface area contributed by atoms with E-state index < -0.39 is 20.0 Å². The van der Waals surface area contributed by atoms with Gasteiger partial charge in [0.25, 0.3) is 0 Å². The molecule has 0 aromatic heterocycles. The van der Waals surface area contributed by atoms with Crippen LogP contribution >= 0.6 is 7.82 Å². The van der Waals surface area contributed by atoms with Gasteiger partial charge >= 0.3 is 7.82 Å². The van der Waals surface area contributed by atoms with E-state index in [1.54, 1.807) is 6.08 Å². The third-order valence-corrected chi connectivity index (χ3v) is 16.5. The van der Waals surface area contributed by atoms with E-state index in [-0.39, 0.29) is 19.1 Å².